The number of rotatable bonds is 4. The molecule has 4 rings (SSSR count). The highest BCUT2D eigenvalue weighted by Crippen LogP contribution is 2.38. The summed E-state index contributed by atoms with van der Waals surface area (Å²) < 4.78 is 6.32. The number of hydrogen-bond acceptors (Lipinski definition) is 6. The molecule has 2 aliphatic rings. The van der Waals surface area contributed by atoms with E-state index in [-0.39, 0.29) is 18.5 Å². The summed E-state index contributed by atoms with van der Waals surface area (Å²) in [5.74, 6) is 1.44. The van der Waals surface area contributed by atoms with Crippen molar-refractivity contribution in [2.24, 2.45) is 11.8 Å². The Bertz CT molecular complexity index is 785. The standard InChI is InChI=1S/C18H23N5O3.ClH/c1-10-2-5-16(14(6-10)17-20-22-23-21-17)26-13-4-3-11-9-19-15(18(24)25)8-12(11)7-13;/h2,5-6,11-13,15,19H,3-4,7-9H2,1H3,(H,24,25)(H,20,21,22,23);1H/t11-,12+,13-,15-;/m0./s1. The van der Waals surface area contributed by atoms with Gasteiger partial charge in [-0.1, -0.05) is 11.6 Å². The Morgan fingerprint density at radius 2 is 2.11 bits per heavy atom. The van der Waals surface area contributed by atoms with Crippen LogP contribution in [-0.2, 0) is 4.79 Å². The van der Waals surface area contributed by atoms with Crippen molar-refractivity contribution >= 4 is 18.4 Å². The molecule has 0 unspecified atom stereocenters. The number of carboxylic acid groups (broad SMARTS) is 1. The Morgan fingerprint density at radius 1 is 1.26 bits per heavy atom. The number of ether oxygens (including phenoxy) is 1. The third kappa shape index (κ3) is 4.22. The minimum Gasteiger partial charge on any atom is -0.490 e. The molecule has 2 fully saturated rings. The Morgan fingerprint density at radius 3 is 2.85 bits per heavy atom. The number of H-pyrrole nitrogens is 1. The van der Waals surface area contributed by atoms with Crippen LogP contribution in [0.1, 0.15) is 31.2 Å². The van der Waals surface area contributed by atoms with Crippen LogP contribution >= 0.6 is 12.4 Å². The normalized spacial score (nSPS) is 27.3. The van der Waals surface area contributed by atoms with Crippen molar-refractivity contribution in [1.82, 2.24) is 25.9 Å². The van der Waals surface area contributed by atoms with E-state index >= 15 is 0 Å². The van der Waals surface area contributed by atoms with Crippen molar-refractivity contribution in [3.05, 3.63) is 23.8 Å². The Kier molecular flexibility index (Phi) is 5.96. The number of nitrogens with zero attached hydrogens (tertiary/aromatic N) is 3. The van der Waals surface area contributed by atoms with Crippen molar-refractivity contribution in [2.75, 3.05) is 6.54 Å². The molecule has 1 aliphatic heterocycles. The van der Waals surface area contributed by atoms with Crippen molar-refractivity contribution in [3.8, 4) is 17.1 Å². The Labute approximate surface area is 163 Å². The number of fused-ring (bicyclic) bond motifs is 1. The largest absolute Gasteiger partial charge is 0.490 e. The zero-order chi connectivity index (χ0) is 18.1. The first kappa shape index (κ1) is 19.6. The first-order valence-corrected chi connectivity index (χ1v) is 9.07. The first-order valence-electron chi connectivity index (χ1n) is 9.07. The summed E-state index contributed by atoms with van der Waals surface area (Å²) in [7, 11) is 0. The fraction of sp³-hybridized carbons (Fsp3) is 0.556. The summed E-state index contributed by atoms with van der Waals surface area (Å²) in [5, 5.41) is 26.7. The van der Waals surface area contributed by atoms with Gasteiger partial charge in [-0.25, -0.2) is 0 Å². The van der Waals surface area contributed by atoms with Crippen LogP contribution in [0.25, 0.3) is 11.4 Å². The van der Waals surface area contributed by atoms with Gasteiger partial charge in [-0.2, -0.15) is 5.21 Å². The molecule has 1 saturated heterocycles. The summed E-state index contributed by atoms with van der Waals surface area (Å²) in [5.41, 5.74) is 1.93. The van der Waals surface area contributed by atoms with E-state index < -0.39 is 12.0 Å². The highest BCUT2D eigenvalue weighted by Gasteiger charge is 2.38. The van der Waals surface area contributed by atoms with E-state index in [4.69, 9.17) is 4.74 Å². The number of carbonyl (C=O) groups is 1. The molecule has 1 aromatic carbocycles. The molecule has 4 atom stereocenters. The second-order valence-corrected chi connectivity index (χ2v) is 7.34. The van der Waals surface area contributed by atoms with Crippen LogP contribution < -0.4 is 10.1 Å². The molecule has 1 aliphatic carbocycles. The lowest BCUT2D eigenvalue weighted by atomic mass is 9.72. The minimum atomic E-state index is -0.760. The van der Waals surface area contributed by atoms with Gasteiger partial charge in [0.15, 0.2) is 0 Å². The van der Waals surface area contributed by atoms with Crippen LogP contribution in [0.3, 0.4) is 0 Å². The molecule has 3 N–H and O–H groups in total. The number of aryl methyl sites for hydroxylation is 1. The number of nitrogens with one attached hydrogen (secondary N) is 2. The topological polar surface area (TPSA) is 113 Å². The molecule has 146 valence electrons. The number of aliphatic carboxylic acids is 1. The van der Waals surface area contributed by atoms with Gasteiger partial charge in [-0.05, 0) is 68.3 Å². The molecule has 1 saturated carbocycles. The first-order chi connectivity index (χ1) is 12.6. The molecule has 9 heteroatoms. The lowest BCUT2D eigenvalue weighted by Crippen LogP contribution is -2.50. The fourth-order valence-electron chi connectivity index (χ4n) is 4.19. The maximum atomic E-state index is 11.3. The molecule has 0 radical (unpaired) electrons. The third-order valence-corrected chi connectivity index (χ3v) is 5.57. The highest BCUT2D eigenvalue weighted by atomic mass is 35.5. The number of halogens is 1. The average Bonchev–Trinajstić information content (AvgIpc) is 3.17. The van der Waals surface area contributed by atoms with Crippen molar-refractivity contribution in [3.63, 3.8) is 0 Å². The van der Waals surface area contributed by atoms with E-state index in [2.05, 4.69) is 25.9 Å². The van der Waals surface area contributed by atoms with Crippen LogP contribution in [0.15, 0.2) is 18.2 Å². The van der Waals surface area contributed by atoms with Gasteiger partial charge < -0.3 is 15.2 Å². The zero-order valence-electron chi connectivity index (χ0n) is 15.1. The predicted molar refractivity (Wildman–Crippen MR) is 101 cm³/mol. The molecular formula is C18H24ClN5O3. The number of aromatic nitrogens is 4. The number of carboxylic acids is 1. The summed E-state index contributed by atoms with van der Waals surface area (Å²) in [6, 6.07) is 5.52. The molecule has 0 bridgehead atoms. The summed E-state index contributed by atoms with van der Waals surface area (Å²) >= 11 is 0. The summed E-state index contributed by atoms with van der Waals surface area (Å²) in [4.78, 5) is 11.3. The molecule has 27 heavy (non-hydrogen) atoms. The van der Waals surface area contributed by atoms with Crippen molar-refractivity contribution in [1.29, 1.82) is 0 Å². The van der Waals surface area contributed by atoms with Crippen LogP contribution in [0.2, 0.25) is 0 Å². The fourth-order valence-corrected chi connectivity index (χ4v) is 4.19. The molecular weight excluding hydrogens is 370 g/mol. The number of aromatic amines is 1. The van der Waals surface area contributed by atoms with E-state index in [0.717, 1.165) is 42.7 Å². The van der Waals surface area contributed by atoms with Crippen molar-refractivity contribution in [2.45, 2.75) is 44.8 Å². The average molecular weight is 394 g/mol. The second-order valence-electron chi connectivity index (χ2n) is 7.34. The third-order valence-electron chi connectivity index (χ3n) is 5.57. The zero-order valence-corrected chi connectivity index (χ0v) is 15.9. The van der Waals surface area contributed by atoms with Gasteiger partial charge in [0.1, 0.15) is 11.8 Å². The molecule has 2 aromatic rings. The second kappa shape index (κ2) is 8.22. The van der Waals surface area contributed by atoms with E-state index in [1.54, 1.807) is 0 Å². The van der Waals surface area contributed by atoms with Gasteiger partial charge in [0.2, 0.25) is 5.82 Å². The van der Waals surface area contributed by atoms with Crippen LogP contribution in [0.4, 0.5) is 0 Å². The summed E-state index contributed by atoms with van der Waals surface area (Å²) in [6.07, 6.45) is 3.66. The molecule has 2 heterocycles. The van der Waals surface area contributed by atoms with Crippen LogP contribution in [-0.4, -0.2) is 50.4 Å². The number of tetrazole rings is 1. The maximum Gasteiger partial charge on any atom is 0.320 e. The van der Waals surface area contributed by atoms with E-state index in [1.165, 1.54) is 0 Å². The maximum absolute atomic E-state index is 11.3. The van der Waals surface area contributed by atoms with E-state index in [9.17, 15) is 9.90 Å². The number of hydrogen-bond donors (Lipinski definition) is 3. The van der Waals surface area contributed by atoms with Crippen LogP contribution in [0, 0.1) is 18.8 Å². The molecule has 0 amide bonds. The predicted octanol–water partition coefficient (Wildman–Crippen LogP) is 2.21. The van der Waals surface area contributed by atoms with Gasteiger partial charge in [0, 0.05) is 0 Å². The van der Waals surface area contributed by atoms with Crippen LogP contribution in [0.5, 0.6) is 5.75 Å². The molecule has 1 aromatic heterocycles. The monoisotopic (exact) mass is 393 g/mol. The van der Waals surface area contributed by atoms with Gasteiger partial charge in [-0.15, -0.1) is 22.6 Å². The lowest BCUT2D eigenvalue weighted by Gasteiger charge is -2.41. The molecule has 8 nitrogen and oxygen atoms in total. The smallest absolute Gasteiger partial charge is 0.320 e. The Hall–Kier alpha value is -2.19. The SMILES string of the molecule is Cc1ccc(O[C@H]2CC[C@H]3CN[C@H](C(=O)O)C[C@H]3C2)c(-c2nn[nH]n2)c1.Cl. The molecule has 0 spiro atoms. The Balaban J connectivity index is 0.00000210. The quantitative estimate of drug-likeness (QED) is 0.729. The summed E-state index contributed by atoms with van der Waals surface area (Å²) in [6.45, 7) is 2.80. The van der Waals surface area contributed by atoms with Gasteiger partial charge in [-0.3, -0.25) is 4.79 Å². The number of benzene rings is 1. The van der Waals surface area contributed by atoms with E-state index in [0.29, 0.717) is 24.1 Å². The highest BCUT2D eigenvalue weighted by molar-refractivity contribution is 5.85. The van der Waals surface area contributed by atoms with Crippen molar-refractivity contribution < 1.29 is 14.6 Å². The lowest BCUT2D eigenvalue weighted by molar-refractivity contribution is -0.141. The van der Waals surface area contributed by atoms with E-state index in [1.807, 2.05) is 25.1 Å². The number of piperidine rings is 1. The van der Waals surface area contributed by atoms with Gasteiger partial charge in [0.05, 0.1) is 11.7 Å². The minimum absolute atomic E-state index is 0. The van der Waals surface area contributed by atoms with Gasteiger partial charge in [0.25, 0.3) is 0 Å². The van der Waals surface area contributed by atoms with Gasteiger partial charge >= 0.3 is 5.97 Å².